The van der Waals surface area contributed by atoms with E-state index in [9.17, 15) is 0 Å². The van der Waals surface area contributed by atoms with Crippen molar-refractivity contribution in [3.05, 3.63) is 34.3 Å². The highest BCUT2D eigenvalue weighted by atomic mass is 35.5. The summed E-state index contributed by atoms with van der Waals surface area (Å²) in [7, 11) is 0. The third-order valence-corrected chi connectivity index (χ3v) is 3.43. The van der Waals surface area contributed by atoms with Crippen molar-refractivity contribution in [3.8, 4) is 0 Å². The molecule has 0 atom stereocenters. The molecular formula is C12H13Cl. The van der Waals surface area contributed by atoms with Gasteiger partial charge >= 0.3 is 0 Å². The molecule has 0 aliphatic heterocycles. The lowest BCUT2D eigenvalue weighted by atomic mass is 10.0. The van der Waals surface area contributed by atoms with Gasteiger partial charge in [0.15, 0.2) is 0 Å². The van der Waals surface area contributed by atoms with Gasteiger partial charge in [-0.05, 0) is 54.7 Å². The maximum Gasteiger partial charge on any atom is 0.0441 e. The van der Waals surface area contributed by atoms with Crippen molar-refractivity contribution in [2.45, 2.75) is 37.5 Å². The van der Waals surface area contributed by atoms with Crippen LogP contribution in [0, 0.1) is 0 Å². The number of halogens is 1. The predicted octanol–water partition coefficient (Wildman–Crippen LogP) is 4.09. The van der Waals surface area contributed by atoms with E-state index >= 15 is 0 Å². The van der Waals surface area contributed by atoms with Crippen LogP contribution >= 0.6 is 11.6 Å². The highest BCUT2D eigenvalue weighted by Gasteiger charge is 2.29. The largest absolute Gasteiger partial charge is 0.0840 e. The normalized spacial score (nSPS) is 21.9. The van der Waals surface area contributed by atoms with E-state index in [0.717, 1.165) is 16.9 Å². The van der Waals surface area contributed by atoms with Gasteiger partial charge in [-0.2, -0.15) is 0 Å². The summed E-state index contributed by atoms with van der Waals surface area (Å²) in [4.78, 5) is 0. The molecule has 0 unspecified atom stereocenters. The van der Waals surface area contributed by atoms with Crippen LogP contribution in [0.25, 0.3) is 0 Å². The molecule has 68 valence electrons. The van der Waals surface area contributed by atoms with E-state index in [1.165, 1.54) is 36.8 Å². The summed E-state index contributed by atoms with van der Waals surface area (Å²) in [6.07, 6.45) is 5.44. The predicted molar refractivity (Wildman–Crippen MR) is 55.4 cm³/mol. The van der Waals surface area contributed by atoms with Crippen LogP contribution in [-0.4, -0.2) is 0 Å². The SMILES string of the molecule is Clc1ccc(C2CC2)cc1C1CC1. The molecule has 2 fully saturated rings. The molecule has 0 amide bonds. The molecule has 2 aliphatic rings. The Kier molecular flexibility index (Phi) is 1.66. The first-order chi connectivity index (χ1) is 6.34. The Bertz CT molecular complexity index is 335. The summed E-state index contributed by atoms with van der Waals surface area (Å²) < 4.78 is 0. The first kappa shape index (κ1) is 7.87. The minimum atomic E-state index is 0.784. The molecule has 3 rings (SSSR count). The molecule has 1 aromatic carbocycles. The molecule has 0 N–H and O–H groups in total. The van der Waals surface area contributed by atoms with E-state index in [4.69, 9.17) is 11.6 Å². The Morgan fingerprint density at radius 2 is 1.69 bits per heavy atom. The molecule has 0 radical (unpaired) electrons. The summed E-state index contributed by atoms with van der Waals surface area (Å²) >= 11 is 6.16. The molecule has 0 saturated heterocycles. The molecule has 1 heteroatoms. The number of hydrogen-bond donors (Lipinski definition) is 0. The van der Waals surface area contributed by atoms with Crippen molar-refractivity contribution in [1.29, 1.82) is 0 Å². The topological polar surface area (TPSA) is 0 Å². The Morgan fingerprint density at radius 3 is 2.31 bits per heavy atom. The summed E-state index contributed by atoms with van der Waals surface area (Å²) in [5.41, 5.74) is 2.93. The quantitative estimate of drug-likeness (QED) is 0.662. The van der Waals surface area contributed by atoms with Crippen LogP contribution in [0.5, 0.6) is 0 Å². The van der Waals surface area contributed by atoms with Gasteiger partial charge in [0.05, 0.1) is 0 Å². The average Bonchev–Trinajstić information content (AvgIpc) is 3.00. The highest BCUT2D eigenvalue weighted by Crippen LogP contribution is 2.46. The Hall–Kier alpha value is -0.490. The fourth-order valence-corrected chi connectivity index (χ4v) is 2.21. The lowest BCUT2D eigenvalue weighted by molar-refractivity contribution is 1.07. The number of benzene rings is 1. The van der Waals surface area contributed by atoms with Gasteiger partial charge in [0.1, 0.15) is 0 Å². The van der Waals surface area contributed by atoms with Crippen molar-refractivity contribution in [3.63, 3.8) is 0 Å². The fourth-order valence-electron chi connectivity index (χ4n) is 1.94. The van der Waals surface area contributed by atoms with E-state index < -0.39 is 0 Å². The van der Waals surface area contributed by atoms with Crippen molar-refractivity contribution in [2.75, 3.05) is 0 Å². The fraction of sp³-hybridized carbons (Fsp3) is 0.500. The second kappa shape index (κ2) is 2.75. The van der Waals surface area contributed by atoms with E-state index in [1.807, 2.05) is 0 Å². The molecule has 1 aromatic rings. The average molecular weight is 193 g/mol. The maximum atomic E-state index is 6.16. The van der Waals surface area contributed by atoms with Gasteiger partial charge < -0.3 is 0 Å². The van der Waals surface area contributed by atoms with Crippen molar-refractivity contribution >= 4 is 11.6 Å². The standard InChI is InChI=1S/C12H13Cl/c13-12-6-5-10(8-1-2-8)7-11(12)9-3-4-9/h5-9H,1-4H2. The summed E-state index contributed by atoms with van der Waals surface area (Å²) in [5.74, 6) is 1.64. The van der Waals surface area contributed by atoms with Gasteiger partial charge in [0.25, 0.3) is 0 Å². The van der Waals surface area contributed by atoms with Crippen LogP contribution in [-0.2, 0) is 0 Å². The third-order valence-electron chi connectivity index (χ3n) is 3.09. The van der Waals surface area contributed by atoms with Crippen molar-refractivity contribution < 1.29 is 0 Å². The molecule has 13 heavy (non-hydrogen) atoms. The van der Waals surface area contributed by atoms with E-state index in [2.05, 4.69) is 18.2 Å². The van der Waals surface area contributed by atoms with Gasteiger partial charge in [-0.15, -0.1) is 0 Å². The second-order valence-corrected chi connectivity index (χ2v) is 4.74. The Labute approximate surface area is 83.9 Å². The van der Waals surface area contributed by atoms with Gasteiger partial charge in [-0.25, -0.2) is 0 Å². The third kappa shape index (κ3) is 1.48. The molecule has 0 bridgehead atoms. The zero-order chi connectivity index (χ0) is 8.84. The van der Waals surface area contributed by atoms with Crippen LogP contribution in [0.3, 0.4) is 0 Å². The number of rotatable bonds is 2. The van der Waals surface area contributed by atoms with Crippen molar-refractivity contribution in [2.24, 2.45) is 0 Å². The molecule has 0 heterocycles. The van der Waals surface area contributed by atoms with Crippen molar-refractivity contribution in [1.82, 2.24) is 0 Å². The molecule has 0 nitrogen and oxygen atoms in total. The lowest BCUT2D eigenvalue weighted by Crippen LogP contribution is -1.85. The Morgan fingerprint density at radius 1 is 1.00 bits per heavy atom. The van der Waals surface area contributed by atoms with Crippen LogP contribution in [0.4, 0.5) is 0 Å². The zero-order valence-corrected chi connectivity index (χ0v) is 8.35. The molecule has 2 saturated carbocycles. The maximum absolute atomic E-state index is 6.16. The van der Waals surface area contributed by atoms with Crippen LogP contribution in [0.2, 0.25) is 5.02 Å². The van der Waals surface area contributed by atoms with Crippen LogP contribution in [0.15, 0.2) is 18.2 Å². The molecule has 0 spiro atoms. The monoisotopic (exact) mass is 192 g/mol. The van der Waals surface area contributed by atoms with Crippen LogP contribution < -0.4 is 0 Å². The first-order valence-corrected chi connectivity index (χ1v) is 5.52. The first-order valence-electron chi connectivity index (χ1n) is 5.14. The summed E-state index contributed by atoms with van der Waals surface area (Å²) in [5, 5.41) is 0.979. The van der Waals surface area contributed by atoms with Gasteiger partial charge in [-0.3, -0.25) is 0 Å². The molecule has 0 aromatic heterocycles. The highest BCUT2D eigenvalue weighted by molar-refractivity contribution is 6.31. The van der Waals surface area contributed by atoms with Crippen LogP contribution in [0.1, 0.15) is 48.6 Å². The lowest BCUT2D eigenvalue weighted by Gasteiger charge is -2.05. The minimum Gasteiger partial charge on any atom is -0.0840 e. The van der Waals surface area contributed by atoms with Gasteiger partial charge in [0, 0.05) is 5.02 Å². The molecule has 2 aliphatic carbocycles. The second-order valence-electron chi connectivity index (χ2n) is 4.33. The summed E-state index contributed by atoms with van der Waals surface area (Å²) in [6.45, 7) is 0. The van der Waals surface area contributed by atoms with Gasteiger partial charge in [-0.1, -0.05) is 23.7 Å². The van der Waals surface area contributed by atoms with E-state index in [0.29, 0.717) is 0 Å². The molecular weight excluding hydrogens is 180 g/mol. The zero-order valence-electron chi connectivity index (χ0n) is 7.59. The smallest absolute Gasteiger partial charge is 0.0441 e. The van der Waals surface area contributed by atoms with Gasteiger partial charge in [0.2, 0.25) is 0 Å². The minimum absolute atomic E-state index is 0.784. The Balaban J connectivity index is 1.99. The van der Waals surface area contributed by atoms with E-state index in [-0.39, 0.29) is 0 Å². The van der Waals surface area contributed by atoms with E-state index in [1.54, 1.807) is 0 Å². The number of hydrogen-bond acceptors (Lipinski definition) is 0. The summed E-state index contributed by atoms with van der Waals surface area (Å²) in [6, 6.07) is 6.63.